The summed E-state index contributed by atoms with van der Waals surface area (Å²) in [7, 11) is 1.97. The largest absolute Gasteiger partial charge is 0.466 e. The first kappa shape index (κ1) is 13.4. The molecule has 0 aliphatic heterocycles. The Bertz CT molecular complexity index is 560. The molecule has 3 heteroatoms. The summed E-state index contributed by atoms with van der Waals surface area (Å²) in [6.07, 6.45) is 0. The van der Waals surface area contributed by atoms with Crippen molar-refractivity contribution in [2.75, 3.05) is 7.05 Å². The van der Waals surface area contributed by atoms with Gasteiger partial charge in [0.2, 0.25) is 0 Å². The third-order valence-corrected chi connectivity index (χ3v) is 3.83. The second kappa shape index (κ2) is 5.29. The minimum Gasteiger partial charge on any atom is -0.466 e. The Morgan fingerprint density at radius 3 is 2.33 bits per heavy atom. The van der Waals surface area contributed by atoms with E-state index in [0.29, 0.717) is 0 Å². The molecule has 0 aliphatic rings. The highest BCUT2D eigenvalue weighted by molar-refractivity contribution is 9.10. The third-order valence-electron chi connectivity index (χ3n) is 3.15. The first-order valence-corrected chi connectivity index (χ1v) is 6.82. The Labute approximate surface area is 117 Å². The molecule has 0 amide bonds. The lowest BCUT2D eigenvalue weighted by molar-refractivity contribution is 0.497. The molecular weight excluding hydrogens is 290 g/mol. The lowest BCUT2D eigenvalue weighted by Gasteiger charge is -2.18. The van der Waals surface area contributed by atoms with Crippen LogP contribution in [-0.4, -0.2) is 7.05 Å². The number of aryl methyl sites for hydroxylation is 3. The lowest BCUT2D eigenvalue weighted by atomic mass is 9.98. The first-order valence-electron chi connectivity index (χ1n) is 6.03. The highest BCUT2D eigenvalue weighted by Crippen LogP contribution is 2.32. The van der Waals surface area contributed by atoms with Crippen molar-refractivity contribution in [2.24, 2.45) is 0 Å². The van der Waals surface area contributed by atoms with Crippen molar-refractivity contribution in [3.63, 3.8) is 0 Å². The van der Waals surface area contributed by atoms with E-state index < -0.39 is 0 Å². The van der Waals surface area contributed by atoms with Crippen molar-refractivity contribution in [2.45, 2.75) is 26.8 Å². The summed E-state index contributed by atoms with van der Waals surface area (Å²) in [4.78, 5) is 0. The van der Waals surface area contributed by atoms with Gasteiger partial charge in [-0.1, -0.05) is 28.1 Å². The number of rotatable bonds is 3. The number of hydrogen-bond donors (Lipinski definition) is 1. The van der Waals surface area contributed by atoms with Crippen molar-refractivity contribution < 1.29 is 4.42 Å². The van der Waals surface area contributed by atoms with E-state index in [1.165, 1.54) is 16.7 Å². The molecule has 1 aromatic heterocycles. The Morgan fingerprint density at radius 1 is 1.11 bits per heavy atom. The Balaban J connectivity index is 2.48. The fraction of sp³-hybridized carbons (Fsp3) is 0.333. The first-order chi connectivity index (χ1) is 8.52. The van der Waals surface area contributed by atoms with Crippen LogP contribution in [0.1, 0.15) is 34.3 Å². The van der Waals surface area contributed by atoms with E-state index in [9.17, 15) is 0 Å². The van der Waals surface area contributed by atoms with Crippen LogP contribution in [0.15, 0.2) is 33.2 Å². The number of benzene rings is 1. The summed E-state index contributed by atoms with van der Waals surface area (Å²) in [6.45, 7) is 6.08. The van der Waals surface area contributed by atoms with E-state index in [1.807, 2.05) is 20.9 Å². The van der Waals surface area contributed by atoms with Crippen LogP contribution >= 0.6 is 15.9 Å². The predicted molar refractivity (Wildman–Crippen MR) is 78.0 cm³/mol. The van der Waals surface area contributed by atoms with E-state index in [0.717, 1.165) is 16.0 Å². The zero-order chi connectivity index (χ0) is 13.3. The van der Waals surface area contributed by atoms with Gasteiger partial charge in [0, 0.05) is 10.0 Å². The quantitative estimate of drug-likeness (QED) is 0.915. The fourth-order valence-electron chi connectivity index (χ4n) is 2.28. The molecule has 1 atom stereocenters. The molecule has 2 aromatic rings. The van der Waals surface area contributed by atoms with Gasteiger partial charge in [-0.25, -0.2) is 0 Å². The standard InChI is InChI=1S/C15H18BrNO/c1-9-5-6-12(14(16)7-9)15(17-4)13-8-10(2)18-11(13)3/h5-8,15,17H,1-4H3. The van der Waals surface area contributed by atoms with Gasteiger partial charge in [-0.3, -0.25) is 0 Å². The van der Waals surface area contributed by atoms with Crippen molar-refractivity contribution in [3.8, 4) is 0 Å². The van der Waals surface area contributed by atoms with Crippen LogP contribution in [0, 0.1) is 20.8 Å². The minimum absolute atomic E-state index is 0.150. The zero-order valence-electron chi connectivity index (χ0n) is 11.2. The van der Waals surface area contributed by atoms with Crippen molar-refractivity contribution in [1.29, 1.82) is 0 Å². The minimum atomic E-state index is 0.150. The maximum atomic E-state index is 5.63. The number of furan rings is 1. The SMILES string of the molecule is CNC(c1ccc(C)cc1Br)c1cc(C)oc1C. The maximum absolute atomic E-state index is 5.63. The summed E-state index contributed by atoms with van der Waals surface area (Å²) in [5.41, 5.74) is 3.67. The lowest BCUT2D eigenvalue weighted by Crippen LogP contribution is -2.18. The van der Waals surface area contributed by atoms with Crippen LogP contribution < -0.4 is 5.32 Å². The molecule has 2 rings (SSSR count). The number of nitrogens with one attached hydrogen (secondary N) is 1. The van der Waals surface area contributed by atoms with Crippen LogP contribution in [0.4, 0.5) is 0 Å². The molecule has 0 spiro atoms. The van der Waals surface area contributed by atoms with E-state index in [1.54, 1.807) is 0 Å². The molecule has 1 aromatic carbocycles. The monoisotopic (exact) mass is 307 g/mol. The molecule has 1 N–H and O–H groups in total. The van der Waals surface area contributed by atoms with Gasteiger partial charge in [-0.05, 0) is 51.1 Å². The highest BCUT2D eigenvalue weighted by atomic mass is 79.9. The maximum Gasteiger partial charge on any atom is 0.106 e. The van der Waals surface area contributed by atoms with Gasteiger partial charge in [-0.15, -0.1) is 0 Å². The molecule has 18 heavy (non-hydrogen) atoms. The van der Waals surface area contributed by atoms with Gasteiger partial charge in [0.25, 0.3) is 0 Å². The average molecular weight is 308 g/mol. The summed E-state index contributed by atoms with van der Waals surface area (Å²) in [6, 6.07) is 8.68. The highest BCUT2D eigenvalue weighted by Gasteiger charge is 2.19. The van der Waals surface area contributed by atoms with Gasteiger partial charge in [-0.2, -0.15) is 0 Å². The van der Waals surface area contributed by atoms with E-state index in [-0.39, 0.29) is 6.04 Å². The van der Waals surface area contributed by atoms with Crippen LogP contribution in [0.3, 0.4) is 0 Å². The number of halogens is 1. The van der Waals surface area contributed by atoms with E-state index >= 15 is 0 Å². The molecule has 1 unspecified atom stereocenters. The predicted octanol–water partition coefficient (Wildman–Crippen LogP) is 4.28. The summed E-state index contributed by atoms with van der Waals surface area (Å²) in [5.74, 6) is 1.92. The summed E-state index contributed by atoms with van der Waals surface area (Å²) in [5, 5.41) is 3.36. The molecular formula is C15H18BrNO. The zero-order valence-corrected chi connectivity index (χ0v) is 12.8. The molecule has 0 fully saturated rings. The molecule has 96 valence electrons. The van der Waals surface area contributed by atoms with Crippen molar-refractivity contribution in [3.05, 3.63) is 56.9 Å². The molecule has 0 radical (unpaired) electrons. The van der Waals surface area contributed by atoms with Gasteiger partial charge in [0.1, 0.15) is 11.5 Å². The number of hydrogen-bond acceptors (Lipinski definition) is 2. The molecule has 0 saturated carbocycles. The molecule has 0 bridgehead atoms. The third kappa shape index (κ3) is 2.52. The molecule has 1 heterocycles. The smallest absolute Gasteiger partial charge is 0.106 e. The summed E-state index contributed by atoms with van der Waals surface area (Å²) < 4.78 is 6.75. The van der Waals surface area contributed by atoms with Crippen LogP contribution in [0.2, 0.25) is 0 Å². The van der Waals surface area contributed by atoms with Crippen LogP contribution in [0.5, 0.6) is 0 Å². The normalized spacial score (nSPS) is 12.7. The van der Waals surface area contributed by atoms with Crippen LogP contribution in [-0.2, 0) is 0 Å². The second-order valence-corrected chi connectivity index (χ2v) is 5.47. The average Bonchev–Trinajstić information content (AvgIpc) is 2.62. The summed E-state index contributed by atoms with van der Waals surface area (Å²) >= 11 is 3.65. The van der Waals surface area contributed by atoms with E-state index in [2.05, 4.69) is 52.4 Å². The second-order valence-electron chi connectivity index (χ2n) is 4.62. The van der Waals surface area contributed by atoms with Gasteiger partial charge in [0.05, 0.1) is 6.04 Å². The van der Waals surface area contributed by atoms with Gasteiger partial charge in [0.15, 0.2) is 0 Å². The molecule has 0 aliphatic carbocycles. The van der Waals surface area contributed by atoms with Crippen molar-refractivity contribution >= 4 is 15.9 Å². The molecule has 0 saturated heterocycles. The Hall–Kier alpha value is -1.06. The van der Waals surface area contributed by atoms with Crippen LogP contribution in [0.25, 0.3) is 0 Å². The Morgan fingerprint density at radius 2 is 1.83 bits per heavy atom. The van der Waals surface area contributed by atoms with E-state index in [4.69, 9.17) is 4.42 Å². The Kier molecular flexibility index (Phi) is 3.93. The topological polar surface area (TPSA) is 25.2 Å². The fourth-order valence-corrected chi connectivity index (χ4v) is 3.00. The van der Waals surface area contributed by atoms with Gasteiger partial charge >= 0.3 is 0 Å². The molecule has 2 nitrogen and oxygen atoms in total. The van der Waals surface area contributed by atoms with Gasteiger partial charge < -0.3 is 9.73 Å². The van der Waals surface area contributed by atoms with Crippen molar-refractivity contribution in [1.82, 2.24) is 5.32 Å².